The van der Waals surface area contributed by atoms with Crippen LogP contribution in [0.1, 0.15) is 23.4 Å². The minimum absolute atomic E-state index is 0.0443. The van der Waals surface area contributed by atoms with E-state index >= 15 is 0 Å². The van der Waals surface area contributed by atoms with Crippen LogP contribution in [0.3, 0.4) is 0 Å². The normalized spacial score (nSPS) is 10.2. The van der Waals surface area contributed by atoms with Crippen molar-refractivity contribution in [3.8, 4) is 6.07 Å². The molecule has 0 aliphatic carbocycles. The molecule has 0 bridgehead atoms. The molecule has 68 valence electrons. The highest BCUT2D eigenvalue weighted by atomic mass is 35.5. The van der Waals surface area contributed by atoms with Gasteiger partial charge in [0.25, 0.3) is 6.43 Å². The second kappa shape index (κ2) is 3.67. The number of rotatable bonds is 1. The molecule has 1 aromatic heterocycles. The van der Waals surface area contributed by atoms with Crippen molar-refractivity contribution >= 4 is 11.6 Å². The summed E-state index contributed by atoms with van der Waals surface area (Å²) in [6.07, 6.45) is -2.68. The summed E-state index contributed by atoms with van der Waals surface area (Å²) >= 11 is 5.57. The Morgan fingerprint density at radius 3 is 2.69 bits per heavy atom. The predicted molar refractivity (Wildman–Crippen MR) is 43.7 cm³/mol. The minimum atomic E-state index is -2.68. The number of aryl methyl sites for hydroxylation is 1. The van der Waals surface area contributed by atoms with Crippen LogP contribution in [0.15, 0.2) is 6.07 Å². The maximum atomic E-state index is 12.3. The summed E-state index contributed by atoms with van der Waals surface area (Å²) in [4.78, 5) is 3.71. The van der Waals surface area contributed by atoms with Crippen LogP contribution in [0, 0.1) is 18.3 Å². The van der Waals surface area contributed by atoms with Crippen molar-refractivity contribution in [1.29, 1.82) is 5.26 Å². The number of nitriles is 1. The standard InChI is InChI=1S/C8H5ClF2N2/c1-4-7(9)6(8(10)11)2-5(3-12)13-4/h2,8H,1H3. The Morgan fingerprint density at radius 1 is 1.62 bits per heavy atom. The number of hydrogen-bond donors (Lipinski definition) is 0. The summed E-state index contributed by atoms with van der Waals surface area (Å²) in [5, 5.41) is 8.38. The fraction of sp³-hybridized carbons (Fsp3) is 0.250. The van der Waals surface area contributed by atoms with E-state index in [1.807, 2.05) is 0 Å². The molecule has 0 aliphatic rings. The van der Waals surface area contributed by atoms with Crippen molar-refractivity contribution in [2.75, 3.05) is 0 Å². The Balaban J connectivity index is 3.35. The molecule has 0 atom stereocenters. The largest absolute Gasteiger partial charge is 0.265 e. The van der Waals surface area contributed by atoms with Crippen molar-refractivity contribution in [2.24, 2.45) is 0 Å². The first-order valence-electron chi connectivity index (χ1n) is 3.41. The molecule has 0 fully saturated rings. The SMILES string of the molecule is Cc1nc(C#N)cc(C(F)F)c1Cl. The van der Waals surface area contributed by atoms with Gasteiger partial charge in [0.15, 0.2) is 0 Å². The molecule has 0 N–H and O–H groups in total. The number of halogens is 3. The van der Waals surface area contributed by atoms with E-state index in [9.17, 15) is 8.78 Å². The summed E-state index contributed by atoms with van der Waals surface area (Å²) in [7, 11) is 0. The summed E-state index contributed by atoms with van der Waals surface area (Å²) in [6.45, 7) is 1.48. The molecule has 1 aromatic rings. The number of nitrogens with zero attached hydrogens (tertiary/aromatic N) is 2. The number of pyridine rings is 1. The molecule has 0 saturated carbocycles. The van der Waals surface area contributed by atoms with Crippen LogP contribution in [0.4, 0.5) is 8.78 Å². The van der Waals surface area contributed by atoms with Gasteiger partial charge in [-0.05, 0) is 13.0 Å². The first-order chi connectivity index (χ1) is 6.06. The molecule has 5 heteroatoms. The van der Waals surface area contributed by atoms with Crippen molar-refractivity contribution in [1.82, 2.24) is 4.98 Å². The maximum absolute atomic E-state index is 12.3. The smallest absolute Gasteiger partial charge is 0.241 e. The first-order valence-corrected chi connectivity index (χ1v) is 3.79. The van der Waals surface area contributed by atoms with Crippen molar-refractivity contribution < 1.29 is 8.78 Å². The van der Waals surface area contributed by atoms with E-state index in [0.717, 1.165) is 6.07 Å². The van der Waals surface area contributed by atoms with E-state index in [4.69, 9.17) is 16.9 Å². The van der Waals surface area contributed by atoms with Gasteiger partial charge < -0.3 is 0 Å². The van der Waals surface area contributed by atoms with E-state index in [-0.39, 0.29) is 22.0 Å². The van der Waals surface area contributed by atoms with Crippen molar-refractivity contribution in [2.45, 2.75) is 13.3 Å². The molecule has 1 rings (SSSR count). The molecular weight excluding hydrogens is 198 g/mol. The van der Waals surface area contributed by atoms with Gasteiger partial charge in [0.2, 0.25) is 0 Å². The Labute approximate surface area is 78.8 Å². The second-order valence-corrected chi connectivity index (χ2v) is 2.79. The Morgan fingerprint density at radius 2 is 2.23 bits per heavy atom. The van der Waals surface area contributed by atoms with E-state index in [0.29, 0.717) is 0 Å². The van der Waals surface area contributed by atoms with Crippen molar-refractivity contribution in [3.63, 3.8) is 0 Å². The Bertz CT molecular complexity index is 371. The molecular formula is C8H5ClF2N2. The van der Waals surface area contributed by atoms with Crippen molar-refractivity contribution in [3.05, 3.63) is 28.0 Å². The van der Waals surface area contributed by atoms with Crippen LogP contribution < -0.4 is 0 Å². The predicted octanol–water partition coefficient (Wildman–Crippen LogP) is 2.85. The van der Waals surface area contributed by atoms with E-state index in [2.05, 4.69) is 4.98 Å². The zero-order valence-electron chi connectivity index (χ0n) is 6.68. The van der Waals surface area contributed by atoms with Gasteiger partial charge in [0, 0.05) is 5.56 Å². The lowest BCUT2D eigenvalue weighted by Gasteiger charge is -2.05. The van der Waals surface area contributed by atoms with Gasteiger partial charge in [0.1, 0.15) is 11.8 Å². The zero-order chi connectivity index (χ0) is 10.0. The molecule has 2 nitrogen and oxygen atoms in total. The van der Waals surface area contributed by atoms with Crippen LogP contribution in [0.25, 0.3) is 0 Å². The lowest BCUT2D eigenvalue weighted by atomic mass is 10.2. The zero-order valence-corrected chi connectivity index (χ0v) is 7.44. The third kappa shape index (κ3) is 1.93. The van der Waals surface area contributed by atoms with Gasteiger partial charge in [-0.25, -0.2) is 13.8 Å². The molecule has 0 saturated heterocycles. The van der Waals surface area contributed by atoms with Gasteiger partial charge >= 0.3 is 0 Å². The Kier molecular flexibility index (Phi) is 2.79. The molecule has 13 heavy (non-hydrogen) atoms. The monoisotopic (exact) mass is 202 g/mol. The molecule has 0 aromatic carbocycles. The second-order valence-electron chi connectivity index (χ2n) is 2.41. The van der Waals surface area contributed by atoms with E-state index in [1.165, 1.54) is 6.92 Å². The highest BCUT2D eigenvalue weighted by Gasteiger charge is 2.15. The molecule has 0 aliphatic heterocycles. The Hall–Kier alpha value is -1.21. The van der Waals surface area contributed by atoms with Gasteiger partial charge in [0.05, 0.1) is 10.7 Å². The molecule has 0 spiro atoms. The summed E-state index contributed by atoms with van der Waals surface area (Å²) in [6, 6.07) is 2.69. The van der Waals surface area contributed by atoms with Gasteiger partial charge in [-0.15, -0.1) is 0 Å². The van der Waals surface area contributed by atoms with Crippen LogP contribution >= 0.6 is 11.6 Å². The number of alkyl halides is 2. The lowest BCUT2D eigenvalue weighted by molar-refractivity contribution is 0.151. The van der Waals surface area contributed by atoms with Crippen LogP contribution in [-0.4, -0.2) is 4.98 Å². The fourth-order valence-corrected chi connectivity index (χ4v) is 1.08. The van der Waals surface area contributed by atoms with Gasteiger partial charge in [-0.1, -0.05) is 11.6 Å². The number of hydrogen-bond acceptors (Lipinski definition) is 2. The minimum Gasteiger partial charge on any atom is -0.241 e. The molecule has 0 amide bonds. The van der Waals surface area contributed by atoms with E-state index < -0.39 is 6.43 Å². The summed E-state index contributed by atoms with van der Waals surface area (Å²) in [5.74, 6) is 0. The quantitative estimate of drug-likeness (QED) is 0.702. The average Bonchev–Trinajstić information content (AvgIpc) is 2.09. The highest BCUT2D eigenvalue weighted by Crippen LogP contribution is 2.28. The summed E-state index contributed by atoms with van der Waals surface area (Å²) in [5.41, 5.74) is -0.140. The van der Waals surface area contributed by atoms with Crippen LogP contribution in [0.5, 0.6) is 0 Å². The van der Waals surface area contributed by atoms with Gasteiger partial charge in [-0.3, -0.25) is 0 Å². The maximum Gasteiger partial charge on any atom is 0.265 e. The van der Waals surface area contributed by atoms with E-state index in [1.54, 1.807) is 6.07 Å². The fourth-order valence-electron chi connectivity index (χ4n) is 0.898. The average molecular weight is 203 g/mol. The third-order valence-corrected chi connectivity index (χ3v) is 1.99. The first kappa shape index (κ1) is 9.87. The molecule has 0 radical (unpaired) electrons. The highest BCUT2D eigenvalue weighted by molar-refractivity contribution is 6.32. The third-order valence-electron chi connectivity index (χ3n) is 1.50. The van der Waals surface area contributed by atoms with Crippen LogP contribution in [-0.2, 0) is 0 Å². The topological polar surface area (TPSA) is 36.7 Å². The van der Waals surface area contributed by atoms with Crippen LogP contribution in [0.2, 0.25) is 5.02 Å². The molecule has 0 unspecified atom stereocenters. The number of aromatic nitrogens is 1. The lowest BCUT2D eigenvalue weighted by Crippen LogP contribution is -1.95. The van der Waals surface area contributed by atoms with Gasteiger partial charge in [-0.2, -0.15) is 5.26 Å². The summed E-state index contributed by atoms with van der Waals surface area (Å²) < 4.78 is 24.6. The molecule has 1 heterocycles.